The molecule has 88 valence electrons. The third kappa shape index (κ3) is 3.98. The van der Waals surface area contributed by atoms with Crippen molar-refractivity contribution in [1.29, 1.82) is 0 Å². The first-order chi connectivity index (χ1) is 8.27. The average Bonchev–Trinajstić information content (AvgIpc) is 2.38. The first kappa shape index (κ1) is 15.0. The summed E-state index contributed by atoms with van der Waals surface area (Å²) in [5.41, 5.74) is 1.54. The van der Waals surface area contributed by atoms with Crippen molar-refractivity contribution >= 4 is 5.78 Å². The van der Waals surface area contributed by atoms with Crippen molar-refractivity contribution in [2.45, 2.75) is 12.8 Å². The maximum Gasteiger partial charge on any atom is 1.00 e. The van der Waals surface area contributed by atoms with Gasteiger partial charge in [0.15, 0.2) is 5.78 Å². The van der Waals surface area contributed by atoms with Crippen molar-refractivity contribution in [3.8, 4) is 5.75 Å². The second-order valence-corrected chi connectivity index (χ2v) is 3.93. The third-order valence-corrected chi connectivity index (χ3v) is 2.69. The molecule has 2 aromatic rings. The molecule has 2 aromatic carbocycles. The number of carbonyl (C=O) groups is 1. The number of Topliss-reactive ketones (excluding diaryl/α,β-unsaturated/α-hetero) is 1. The summed E-state index contributed by atoms with van der Waals surface area (Å²) in [5, 5.41) is 9.56. The summed E-state index contributed by atoms with van der Waals surface area (Å²) in [6.07, 6.45) is 1.12. The van der Waals surface area contributed by atoms with E-state index in [4.69, 9.17) is 0 Å². The SMILES string of the molecule is O=C(CCc1ccccc1)c1ccccc1O.[H-].[Na+]. The van der Waals surface area contributed by atoms with Gasteiger partial charge in [-0.05, 0) is 24.1 Å². The summed E-state index contributed by atoms with van der Waals surface area (Å²) in [6, 6.07) is 16.5. The van der Waals surface area contributed by atoms with E-state index in [1.165, 1.54) is 6.07 Å². The molecule has 0 aliphatic rings. The number of para-hydroxylation sites is 1. The number of phenolic OH excluding ortho intramolecular Hbond substituents is 1. The molecular formula is C15H15NaO2. The Balaban J connectivity index is 0.00000162. The minimum absolute atomic E-state index is 0. The standard InChI is InChI=1S/C15H14O2.Na.H/c16-14-9-5-4-8-13(14)15(17)11-10-12-6-2-1-3-7-12;;/h1-9,16H,10-11H2;;/q;+1;-1. The number of benzene rings is 2. The Hall–Kier alpha value is -1.09. The quantitative estimate of drug-likeness (QED) is 0.627. The maximum absolute atomic E-state index is 11.9. The number of aryl methyl sites for hydroxylation is 1. The van der Waals surface area contributed by atoms with Crippen molar-refractivity contribution in [3.63, 3.8) is 0 Å². The van der Waals surface area contributed by atoms with Crippen LogP contribution in [0.1, 0.15) is 23.8 Å². The van der Waals surface area contributed by atoms with E-state index in [2.05, 4.69) is 0 Å². The van der Waals surface area contributed by atoms with Gasteiger partial charge in [0.05, 0.1) is 5.56 Å². The summed E-state index contributed by atoms with van der Waals surface area (Å²) in [7, 11) is 0. The molecule has 0 heterocycles. The summed E-state index contributed by atoms with van der Waals surface area (Å²) >= 11 is 0. The summed E-state index contributed by atoms with van der Waals surface area (Å²) in [6.45, 7) is 0. The van der Waals surface area contributed by atoms with Gasteiger partial charge in [0.25, 0.3) is 0 Å². The van der Waals surface area contributed by atoms with Gasteiger partial charge < -0.3 is 6.53 Å². The smallest absolute Gasteiger partial charge is 1.00 e. The van der Waals surface area contributed by atoms with E-state index in [1.54, 1.807) is 18.2 Å². The number of aromatic hydroxyl groups is 1. The maximum atomic E-state index is 11.9. The Kier molecular flexibility index (Phi) is 6.13. The minimum Gasteiger partial charge on any atom is -1.00 e. The molecule has 0 radical (unpaired) electrons. The van der Waals surface area contributed by atoms with Crippen molar-refractivity contribution in [1.82, 2.24) is 0 Å². The minimum atomic E-state index is -0.0213. The molecule has 0 aliphatic carbocycles. The fraction of sp³-hybridized carbons (Fsp3) is 0.133. The van der Waals surface area contributed by atoms with Crippen LogP contribution in [-0.4, -0.2) is 10.9 Å². The molecule has 0 spiro atoms. The van der Waals surface area contributed by atoms with Gasteiger partial charge in [-0.2, -0.15) is 0 Å². The zero-order valence-electron chi connectivity index (χ0n) is 11.5. The number of hydrogen-bond acceptors (Lipinski definition) is 2. The van der Waals surface area contributed by atoms with Crippen LogP contribution in [0.25, 0.3) is 0 Å². The van der Waals surface area contributed by atoms with Gasteiger partial charge >= 0.3 is 29.6 Å². The van der Waals surface area contributed by atoms with Crippen LogP contribution in [0.2, 0.25) is 0 Å². The molecule has 2 nitrogen and oxygen atoms in total. The van der Waals surface area contributed by atoms with Crippen LogP contribution in [0.15, 0.2) is 54.6 Å². The van der Waals surface area contributed by atoms with Crippen LogP contribution in [0.5, 0.6) is 5.75 Å². The van der Waals surface area contributed by atoms with E-state index in [-0.39, 0.29) is 42.5 Å². The van der Waals surface area contributed by atoms with Crippen molar-refractivity contribution in [3.05, 3.63) is 65.7 Å². The van der Waals surface area contributed by atoms with Crippen LogP contribution in [0.3, 0.4) is 0 Å². The second kappa shape index (κ2) is 7.37. The molecule has 1 N–H and O–H groups in total. The number of carbonyl (C=O) groups excluding carboxylic acids is 1. The van der Waals surface area contributed by atoms with Crippen LogP contribution in [0.4, 0.5) is 0 Å². The molecule has 0 aliphatic heterocycles. The molecule has 0 saturated carbocycles. The van der Waals surface area contributed by atoms with Crippen LogP contribution in [-0.2, 0) is 6.42 Å². The molecule has 0 atom stereocenters. The van der Waals surface area contributed by atoms with Crippen molar-refractivity contribution in [2.75, 3.05) is 0 Å². The number of ketones is 1. The Morgan fingerprint density at radius 3 is 2.28 bits per heavy atom. The Morgan fingerprint density at radius 1 is 1.00 bits per heavy atom. The first-order valence-corrected chi connectivity index (χ1v) is 5.62. The van der Waals surface area contributed by atoms with Crippen molar-refractivity contribution in [2.24, 2.45) is 0 Å². The largest absolute Gasteiger partial charge is 1.00 e. The fourth-order valence-corrected chi connectivity index (χ4v) is 1.75. The van der Waals surface area contributed by atoms with E-state index < -0.39 is 0 Å². The van der Waals surface area contributed by atoms with Gasteiger partial charge in [0, 0.05) is 6.42 Å². The second-order valence-electron chi connectivity index (χ2n) is 3.93. The third-order valence-electron chi connectivity index (χ3n) is 2.69. The molecule has 0 aromatic heterocycles. The summed E-state index contributed by atoms with van der Waals surface area (Å²) < 4.78 is 0. The molecule has 18 heavy (non-hydrogen) atoms. The van der Waals surface area contributed by atoms with Crippen molar-refractivity contribution < 1.29 is 40.9 Å². The summed E-state index contributed by atoms with van der Waals surface area (Å²) in [4.78, 5) is 11.9. The Bertz CT molecular complexity index is 515. The van der Waals surface area contributed by atoms with Gasteiger partial charge in [-0.15, -0.1) is 0 Å². The van der Waals surface area contributed by atoms with Gasteiger partial charge in [-0.3, -0.25) is 4.79 Å². The average molecular weight is 250 g/mol. The van der Waals surface area contributed by atoms with E-state index in [1.807, 2.05) is 30.3 Å². The number of phenols is 1. The molecular weight excluding hydrogens is 235 g/mol. The predicted octanol–water partition coefficient (Wildman–Crippen LogP) is 0.324. The monoisotopic (exact) mass is 250 g/mol. The van der Waals surface area contributed by atoms with E-state index in [0.717, 1.165) is 5.56 Å². The van der Waals surface area contributed by atoms with Gasteiger partial charge in [-0.25, -0.2) is 0 Å². The van der Waals surface area contributed by atoms with Crippen LogP contribution < -0.4 is 29.6 Å². The van der Waals surface area contributed by atoms with Crippen LogP contribution in [0, 0.1) is 0 Å². The fourth-order valence-electron chi connectivity index (χ4n) is 1.75. The normalized spacial score (nSPS) is 9.56. The Morgan fingerprint density at radius 2 is 1.61 bits per heavy atom. The summed E-state index contributed by atoms with van der Waals surface area (Å²) in [5.74, 6) is 0.0394. The molecule has 0 saturated heterocycles. The van der Waals surface area contributed by atoms with Gasteiger partial charge in [0.2, 0.25) is 0 Å². The van der Waals surface area contributed by atoms with E-state index in [9.17, 15) is 9.90 Å². The molecule has 3 heteroatoms. The zero-order chi connectivity index (χ0) is 12.1. The van der Waals surface area contributed by atoms with E-state index >= 15 is 0 Å². The predicted molar refractivity (Wildman–Crippen MR) is 68.3 cm³/mol. The topological polar surface area (TPSA) is 37.3 Å². The molecule has 0 bridgehead atoms. The Labute approximate surface area is 130 Å². The zero-order valence-corrected chi connectivity index (χ0v) is 12.5. The van der Waals surface area contributed by atoms with E-state index in [0.29, 0.717) is 18.4 Å². The molecule has 0 amide bonds. The van der Waals surface area contributed by atoms with Gasteiger partial charge in [0.1, 0.15) is 5.75 Å². The number of rotatable bonds is 4. The van der Waals surface area contributed by atoms with Gasteiger partial charge in [-0.1, -0.05) is 42.5 Å². The van der Waals surface area contributed by atoms with Crippen LogP contribution >= 0.6 is 0 Å². The molecule has 0 unspecified atom stereocenters. The number of hydrogen-bond donors (Lipinski definition) is 1. The first-order valence-electron chi connectivity index (χ1n) is 5.62. The molecule has 0 fully saturated rings. The molecule has 2 rings (SSSR count).